The van der Waals surface area contributed by atoms with Crippen LogP contribution in [0.2, 0.25) is 0 Å². The predicted molar refractivity (Wildman–Crippen MR) is 85.2 cm³/mol. The molecular formula is C18H22N2O4. The minimum atomic E-state index is -0.818. The summed E-state index contributed by atoms with van der Waals surface area (Å²) in [6.07, 6.45) is 11.7. The number of hydrogen-bond donors (Lipinski definition) is 0. The van der Waals surface area contributed by atoms with Crippen molar-refractivity contribution in [2.24, 2.45) is 45.7 Å². The van der Waals surface area contributed by atoms with Gasteiger partial charge in [-0.2, -0.15) is 0 Å². The Bertz CT molecular complexity index is 560. The fourth-order valence-electron chi connectivity index (χ4n) is 4.67. The zero-order valence-corrected chi connectivity index (χ0v) is 13.5. The number of hydrogen-bond acceptors (Lipinski definition) is 4. The Morgan fingerprint density at radius 1 is 0.750 bits per heavy atom. The van der Waals surface area contributed by atoms with Crippen LogP contribution >= 0.6 is 0 Å². The Hall–Kier alpha value is -1.98. The molecular weight excluding hydrogens is 308 g/mol. The van der Waals surface area contributed by atoms with Crippen LogP contribution in [0.1, 0.15) is 25.7 Å². The van der Waals surface area contributed by atoms with Gasteiger partial charge in [0.25, 0.3) is 0 Å². The zero-order chi connectivity index (χ0) is 16.5. The first-order valence-electron chi connectivity index (χ1n) is 8.79. The summed E-state index contributed by atoms with van der Waals surface area (Å²) in [5.41, 5.74) is 0. The Labute approximate surface area is 141 Å². The van der Waals surface area contributed by atoms with Crippen molar-refractivity contribution in [2.75, 3.05) is 13.2 Å². The van der Waals surface area contributed by atoms with Crippen LogP contribution in [-0.2, 0) is 9.47 Å². The molecule has 0 heterocycles. The van der Waals surface area contributed by atoms with Gasteiger partial charge in [-0.25, -0.2) is 9.59 Å². The minimum Gasteiger partial charge on any atom is -0.447 e. The summed E-state index contributed by atoms with van der Waals surface area (Å²) in [7, 11) is 0. The van der Waals surface area contributed by atoms with Gasteiger partial charge >= 0.3 is 12.2 Å². The maximum atomic E-state index is 11.6. The van der Waals surface area contributed by atoms with E-state index in [9.17, 15) is 9.59 Å². The first-order chi connectivity index (χ1) is 11.7. The van der Waals surface area contributed by atoms with Crippen LogP contribution in [0.3, 0.4) is 0 Å². The first-order valence-corrected chi connectivity index (χ1v) is 8.79. The lowest BCUT2D eigenvalue weighted by Crippen LogP contribution is -2.17. The monoisotopic (exact) mass is 330 g/mol. The average Bonchev–Trinajstić information content (AvgIpc) is 3.36. The van der Waals surface area contributed by atoms with Gasteiger partial charge in [-0.3, -0.25) is 0 Å². The number of allylic oxidation sites excluding steroid dienone is 4. The van der Waals surface area contributed by atoms with Crippen molar-refractivity contribution < 1.29 is 19.1 Å². The maximum absolute atomic E-state index is 11.6. The third kappa shape index (κ3) is 3.28. The summed E-state index contributed by atoms with van der Waals surface area (Å²) < 4.78 is 10.2. The molecule has 4 bridgehead atoms. The molecule has 2 amide bonds. The summed E-state index contributed by atoms with van der Waals surface area (Å²) in [6.45, 7) is 0.686. The van der Waals surface area contributed by atoms with Crippen molar-refractivity contribution in [1.29, 1.82) is 0 Å². The highest BCUT2D eigenvalue weighted by atomic mass is 16.6. The van der Waals surface area contributed by atoms with Crippen LogP contribution in [-0.4, -0.2) is 25.4 Å². The number of rotatable bonds is 4. The third-order valence-corrected chi connectivity index (χ3v) is 5.89. The van der Waals surface area contributed by atoms with Gasteiger partial charge in [-0.05, 0) is 49.4 Å². The average molecular weight is 330 g/mol. The standard InChI is InChI=1S/C18H22N2O4/c21-17(23-9-15-7-11-1-3-13(15)5-11)19-20-18(22)24-10-16-8-12-2-4-14(16)6-12/h1-4,11-16H,5-10H2. The number of carbonyl (C=O) groups is 2. The summed E-state index contributed by atoms with van der Waals surface area (Å²) in [5.74, 6) is 3.04. The molecule has 0 radical (unpaired) electrons. The van der Waals surface area contributed by atoms with Gasteiger partial charge in [0.1, 0.15) is 0 Å². The number of fused-ring (bicyclic) bond motifs is 4. The summed E-state index contributed by atoms with van der Waals surface area (Å²) in [4.78, 5) is 23.1. The number of nitrogens with zero attached hydrogens (tertiary/aromatic N) is 2. The van der Waals surface area contributed by atoms with Gasteiger partial charge in [0.05, 0.1) is 13.2 Å². The van der Waals surface area contributed by atoms with Gasteiger partial charge in [-0.1, -0.05) is 34.5 Å². The van der Waals surface area contributed by atoms with Crippen molar-refractivity contribution in [1.82, 2.24) is 0 Å². The van der Waals surface area contributed by atoms with Crippen LogP contribution in [0.15, 0.2) is 34.5 Å². The van der Waals surface area contributed by atoms with Crippen molar-refractivity contribution in [3.05, 3.63) is 24.3 Å². The largest absolute Gasteiger partial charge is 0.452 e. The number of carbonyl (C=O) groups excluding carboxylic acids is 2. The highest BCUT2D eigenvalue weighted by Crippen LogP contribution is 2.44. The van der Waals surface area contributed by atoms with Crippen LogP contribution < -0.4 is 0 Å². The van der Waals surface area contributed by atoms with E-state index < -0.39 is 12.2 Å². The molecule has 0 aromatic carbocycles. The zero-order valence-electron chi connectivity index (χ0n) is 13.5. The molecule has 4 aliphatic carbocycles. The van der Waals surface area contributed by atoms with Crippen molar-refractivity contribution in [2.45, 2.75) is 25.7 Å². The second-order valence-corrected chi connectivity index (χ2v) is 7.43. The van der Waals surface area contributed by atoms with Crippen LogP contribution in [0, 0.1) is 35.5 Å². The van der Waals surface area contributed by atoms with E-state index in [4.69, 9.17) is 9.47 Å². The Balaban J connectivity index is 1.15. The van der Waals surface area contributed by atoms with Gasteiger partial charge in [0, 0.05) is 11.8 Å². The van der Waals surface area contributed by atoms with E-state index in [0.717, 1.165) is 25.7 Å². The topological polar surface area (TPSA) is 77.3 Å². The lowest BCUT2D eigenvalue weighted by molar-refractivity contribution is 0.120. The van der Waals surface area contributed by atoms with E-state index in [-0.39, 0.29) is 0 Å². The van der Waals surface area contributed by atoms with Gasteiger partial charge < -0.3 is 9.47 Å². The van der Waals surface area contributed by atoms with Crippen LogP contribution in [0.4, 0.5) is 9.59 Å². The molecule has 0 N–H and O–H groups in total. The van der Waals surface area contributed by atoms with E-state index in [2.05, 4.69) is 34.5 Å². The van der Waals surface area contributed by atoms with Crippen molar-refractivity contribution in [3.63, 3.8) is 0 Å². The fourth-order valence-corrected chi connectivity index (χ4v) is 4.67. The molecule has 6 unspecified atom stereocenters. The minimum absolute atomic E-state index is 0.343. The SMILES string of the molecule is O=C(N=NC(=O)OCC1CC2C=CC1C2)OCC1CC2C=CC1C2. The van der Waals surface area contributed by atoms with E-state index in [0.29, 0.717) is 48.7 Å². The van der Waals surface area contributed by atoms with Gasteiger partial charge in [0.2, 0.25) is 0 Å². The lowest BCUT2D eigenvalue weighted by atomic mass is 9.95. The molecule has 6 heteroatoms. The molecule has 0 aromatic rings. The Morgan fingerprint density at radius 2 is 1.21 bits per heavy atom. The highest BCUT2D eigenvalue weighted by Gasteiger charge is 2.37. The molecule has 0 aliphatic heterocycles. The van der Waals surface area contributed by atoms with Crippen LogP contribution in [0.5, 0.6) is 0 Å². The second-order valence-electron chi connectivity index (χ2n) is 7.43. The molecule has 6 nitrogen and oxygen atoms in total. The molecule has 2 saturated carbocycles. The molecule has 0 spiro atoms. The lowest BCUT2D eigenvalue weighted by Gasteiger charge is -2.16. The predicted octanol–water partition coefficient (Wildman–Crippen LogP) is 4.14. The number of ether oxygens (including phenoxy) is 2. The van der Waals surface area contributed by atoms with Gasteiger partial charge in [-0.15, -0.1) is 0 Å². The number of amides is 2. The summed E-state index contributed by atoms with van der Waals surface area (Å²) in [6, 6.07) is 0. The van der Waals surface area contributed by atoms with E-state index in [1.807, 2.05) is 0 Å². The summed E-state index contributed by atoms with van der Waals surface area (Å²) >= 11 is 0. The molecule has 24 heavy (non-hydrogen) atoms. The maximum Gasteiger partial charge on any atom is 0.452 e. The van der Waals surface area contributed by atoms with Gasteiger partial charge in [0.15, 0.2) is 0 Å². The molecule has 2 fully saturated rings. The van der Waals surface area contributed by atoms with Crippen LogP contribution in [0.25, 0.3) is 0 Å². The highest BCUT2D eigenvalue weighted by molar-refractivity contribution is 5.73. The smallest absolute Gasteiger partial charge is 0.447 e. The fraction of sp³-hybridized carbons (Fsp3) is 0.667. The first kappa shape index (κ1) is 15.5. The molecule has 0 saturated heterocycles. The molecule has 128 valence electrons. The normalized spacial score (nSPS) is 38.3. The Kier molecular flexibility index (Phi) is 4.21. The van der Waals surface area contributed by atoms with Crippen molar-refractivity contribution in [3.8, 4) is 0 Å². The summed E-state index contributed by atoms with van der Waals surface area (Å²) in [5, 5.41) is 6.60. The third-order valence-electron chi connectivity index (χ3n) is 5.89. The number of azo groups is 1. The molecule has 6 atom stereocenters. The molecule has 4 aliphatic rings. The van der Waals surface area contributed by atoms with E-state index >= 15 is 0 Å². The quantitative estimate of drug-likeness (QED) is 0.573. The second kappa shape index (κ2) is 6.49. The van der Waals surface area contributed by atoms with Crippen molar-refractivity contribution >= 4 is 12.2 Å². The molecule has 4 rings (SSSR count). The van der Waals surface area contributed by atoms with E-state index in [1.165, 1.54) is 0 Å². The Morgan fingerprint density at radius 3 is 1.54 bits per heavy atom. The molecule has 0 aromatic heterocycles. The van der Waals surface area contributed by atoms with E-state index in [1.54, 1.807) is 0 Å².